The van der Waals surface area contributed by atoms with Crippen molar-refractivity contribution in [3.8, 4) is 5.88 Å². The van der Waals surface area contributed by atoms with Crippen LogP contribution in [-0.2, 0) is 11.3 Å². The van der Waals surface area contributed by atoms with Crippen LogP contribution in [0.25, 0.3) is 0 Å². The van der Waals surface area contributed by atoms with Gasteiger partial charge in [0.05, 0.1) is 22.3 Å². The number of esters is 1. The molecule has 6 heteroatoms. The second-order valence-corrected chi connectivity index (χ2v) is 5.57. The third-order valence-electron chi connectivity index (χ3n) is 2.85. The number of aromatic nitrogens is 2. The van der Waals surface area contributed by atoms with Gasteiger partial charge in [-0.1, -0.05) is 36.2 Å². The summed E-state index contributed by atoms with van der Waals surface area (Å²) in [5, 5.41) is 5.33. The molecule has 0 N–H and O–H groups in total. The second-order valence-electron chi connectivity index (χ2n) is 4.75. The summed E-state index contributed by atoms with van der Waals surface area (Å²) in [6, 6.07) is 7.12. The van der Waals surface area contributed by atoms with E-state index in [9.17, 15) is 4.79 Å². The Morgan fingerprint density at radius 3 is 2.71 bits per heavy atom. The Balaban J connectivity index is 2.19. The van der Waals surface area contributed by atoms with Gasteiger partial charge in [-0.15, -0.1) is 0 Å². The van der Waals surface area contributed by atoms with Crippen LogP contribution in [0.2, 0.25) is 10.0 Å². The molecule has 0 amide bonds. The molecule has 112 valence electrons. The zero-order valence-corrected chi connectivity index (χ0v) is 13.4. The number of hydrogen-bond acceptors (Lipinski definition) is 3. The lowest BCUT2D eigenvalue weighted by Crippen LogP contribution is -2.12. The molecular weight excluding hydrogens is 311 g/mol. The van der Waals surface area contributed by atoms with Crippen molar-refractivity contribution < 1.29 is 9.53 Å². The monoisotopic (exact) mass is 326 g/mol. The van der Waals surface area contributed by atoms with Gasteiger partial charge < -0.3 is 4.74 Å². The first kappa shape index (κ1) is 15.9. The first-order chi connectivity index (χ1) is 9.99. The SMILES string of the molecule is CCCC(=O)Oc1cc(C)nn1Cc1ccc(Cl)c(Cl)c1. The molecule has 0 radical (unpaired) electrons. The van der Waals surface area contributed by atoms with E-state index in [4.69, 9.17) is 27.9 Å². The van der Waals surface area contributed by atoms with Crippen molar-refractivity contribution >= 4 is 29.2 Å². The zero-order valence-electron chi connectivity index (χ0n) is 11.9. The molecule has 0 aliphatic carbocycles. The molecule has 0 saturated carbocycles. The number of benzene rings is 1. The number of halogens is 2. The van der Waals surface area contributed by atoms with Gasteiger partial charge in [-0.25, -0.2) is 4.68 Å². The first-order valence-corrected chi connectivity index (χ1v) is 7.44. The molecule has 0 aliphatic heterocycles. The molecular formula is C15H16Cl2N2O2. The van der Waals surface area contributed by atoms with E-state index in [1.165, 1.54) is 0 Å². The van der Waals surface area contributed by atoms with Crippen LogP contribution < -0.4 is 4.74 Å². The number of ether oxygens (including phenoxy) is 1. The van der Waals surface area contributed by atoms with Crippen LogP contribution in [0.15, 0.2) is 24.3 Å². The van der Waals surface area contributed by atoms with E-state index >= 15 is 0 Å². The molecule has 21 heavy (non-hydrogen) atoms. The van der Waals surface area contributed by atoms with Gasteiger partial charge in [-0.05, 0) is 31.0 Å². The normalized spacial score (nSPS) is 10.7. The van der Waals surface area contributed by atoms with Crippen LogP contribution in [0, 0.1) is 6.92 Å². The lowest BCUT2D eigenvalue weighted by molar-refractivity contribution is -0.134. The Bertz CT molecular complexity index is 653. The fourth-order valence-electron chi connectivity index (χ4n) is 1.90. The van der Waals surface area contributed by atoms with Crippen molar-refractivity contribution in [2.24, 2.45) is 0 Å². The maximum Gasteiger partial charge on any atom is 0.312 e. The summed E-state index contributed by atoms with van der Waals surface area (Å²) >= 11 is 11.9. The van der Waals surface area contributed by atoms with Crippen LogP contribution >= 0.6 is 23.2 Å². The summed E-state index contributed by atoms with van der Waals surface area (Å²) in [5.41, 5.74) is 1.72. The van der Waals surface area contributed by atoms with E-state index in [-0.39, 0.29) is 5.97 Å². The maximum atomic E-state index is 11.6. The molecule has 0 saturated heterocycles. The van der Waals surface area contributed by atoms with Crippen molar-refractivity contribution in [2.45, 2.75) is 33.2 Å². The molecule has 1 heterocycles. The third-order valence-corrected chi connectivity index (χ3v) is 3.59. The Kier molecular flexibility index (Phi) is 5.26. The summed E-state index contributed by atoms with van der Waals surface area (Å²) in [6.45, 7) is 4.24. The Hall–Kier alpha value is -1.52. The van der Waals surface area contributed by atoms with Gasteiger partial charge in [0, 0.05) is 12.5 Å². The van der Waals surface area contributed by atoms with Crippen LogP contribution in [0.3, 0.4) is 0 Å². The minimum absolute atomic E-state index is 0.257. The minimum atomic E-state index is -0.257. The van der Waals surface area contributed by atoms with Crippen molar-refractivity contribution in [2.75, 3.05) is 0 Å². The maximum absolute atomic E-state index is 11.6. The topological polar surface area (TPSA) is 44.1 Å². The Morgan fingerprint density at radius 2 is 2.05 bits per heavy atom. The standard InChI is InChI=1S/C15H16Cl2N2O2/c1-3-4-15(20)21-14-7-10(2)18-19(14)9-11-5-6-12(16)13(17)8-11/h5-8H,3-4,9H2,1-2H3. The predicted octanol–water partition coefficient (Wildman–Crippen LogP) is 4.25. The molecule has 1 aromatic heterocycles. The number of hydrogen-bond donors (Lipinski definition) is 0. The molecule has 0 bridgehead atoms. The molecule has 4 nitrogen and oxygen atoms in total. The molecule has 0 atom stereocenters. The summed E-state index contributed by atoms with van der Waals surface area (Å²) in [7, 11) is 0. The average molecular weight is 327 g/mol. The molecule has 1 aromatic carbocycles. The molecule has 0 fully saturated rings. The summed E-state index contributed by atoms with van der Waals surface area (Å²) in [5.74, 6) is 0.185. The van der Waals surface area contributed by atoms with Crippen LogP contribution in [0.5, 0.6) is 5.88 Å². The summed E-state index contributed by atoms with van der Waals surface area (Å²) < 4.78 is 6.98. The van der Waals surface area contributed by atoms with Crippen LogP contribution in [0.4, 0.5) is 0 Å². The van der Waals surface area contributed by atoms with Gasteiger partial charge in [0.25, 0.3) is 0 Å². The highest BCUT2D eigenvalue weighted by molar-refractivity contribution is 6.42. The number of carbonyl (C=O) groups excluding carboxylic acids is 1. The van der Waals surface area contributed by atoms with E-state index < -0.39 is 0 Å². The van der Waals surface area contributed by atoms with Gasteiger partial charge in [0.15, 0.2) is 0 Å². The van der Waals surface area contributed by atoms with Crippen molar-refractivity contribution in [1.82, 2.24) is 9.78 Å². The first-order valence-electron chi connectivity index (χ1n) is 6.68. The van der Waals surface area contributed by atoms with E-state index in [0.29, 0.717) is 28.9 Å². The van der Waals surface area contributed by atoms with Crippen molar-refractivity contribution in [3.05, 3.63) is 45.6 Å². The lowest BCUT2D eigenvalue weighted by atomic mass is 10.2. The predicted molar refractivity (Wildman–Crippen MR) is 83.1 cm³/mol. The summed E-state index contributed by atoms with van der Waals surface area (Å²) in [6.07, 6.45) is 1.13. The molecule has 0 aliphatic rings. The van der Waals surface area contributed by atoms with E-state index in [1.54, 1.807) is 22.9 Å². The van der Waals surface area contributed by atoms with E-state index in [1.807, 2.05) is 19.9 Å². The average Bonchev–Trinajstić information content (AvgIpc) is 2.74. The van der Waals surface area contributed by atoms with Gasteiger partial charge in [-0.3, -0.25) is 4.79 Å². The third kappa shape index (κ3) is 4.22. The second kappa shape index (κ2) is 6.96. The zero-order chi connectivity index (χ0) is 15.4. The molecule has 2 rings (SSSR count). The molecule has 2 aromatic rings. The van der Waals surface area contributed by atoms with E-state index in [2.05, 4.69) is 5.10 Å². The molecule has 0 spiro atoms. The van der Waals surface area contributed by atoms with Crippen LogP contribution in [0.1, 0.15) is 31.0 Å². The Morgan fingerprint density at radius 1 is 1.29 bits per heavy atom. The lowest BCUT2D eigenvalue weighted by Gasteiger charge is -2.08. The van der Waals surface area contributed by atoms with Gasteiger partial charge in [-0.2, -0.15) is 5.10 Å². The number of aryl methyl sites for hydroxylation is 1. The van der Waals surface area contributed by atoms with Gasteiger partial charge in [0.1, 0.15) is 0 Å². The quantitative estimate of drug-likeness (QED) is 0.771. The molecule has 0 unspecified atom stereocenters. The Labute approximate surface area is 133 Å². The number of rotatable bonds is 5. The highest BCUT2D eigenvalue weighted by atomic mass is 35.5. The van der Waals surface area contributed by atoms with Crippen molar-refractivity contribution in [1.29, 1.82) is 0 Å². The number of nitrogens with zero attached hydrogens (tertiary/aromatic N) is 2. The number of carbonyl (C=O) groups is 1. The summed E-state index contributed by atoms with van der Waals surface area (Å²) in [4.78, 5) is 11.6. The van der Waals surface area contributed by atoms with E-state index in [0.717, 1.165) is 17.7 Å². The smallest absolute Gasteiger partial charge is 0.312 e. The highest BCUT2D eigenvalue weighted by Crippen LogP contribution is 2.24. The van der Waals surface area contributed by atoms with Gasteiger partial charge in [0.2, 0.25) is 5.88 Å². The highest BCUT2D eigenvalue weighted by Gasteiger charge is 2.12. The largest absolute Gasteiger partial charge is 0.408 e. The van der Waals surface area contributed by atoms with Crippen molar-refractivity contribution in [3.63, 3.8) is 0 Å². The minimum Gasteiger partial charge on any atom is -0.408 e. The fourth-order valence-corrected chi connectivity index (χ4v) is 2.22. The fraction of sp³-hybridized carbons (Fsp3) is 0.333. The van der Waals surface area contributed by atoms with Crippen LogP contribution in [-0.4, -0.2) is 15.7 Å². The van der Waals surface area contributed by atoms with Gasteiger partial charge >= 0.3 is 5.97 Å².